The number of nitrogens with zero attached hydrogens (tertiary/aromatic N) is 3. The van der Waals surface area contributed by atoms with Crippen molar-refractivity contribution in [1.82, 2.24) is 20.1 Å². The smallest absolute Gasteiger partial charge is 0.234 e. The number of fused-ring (bicyclic) bond motifs is 1. The van der Waals surface area contributed by atoms with E-state index in [9.17, 15) is 19.2 Å². The van der Waals surface area contributed by atoms with Gasteiger partial charge in [-0.1, -0.05) is 18.6 Å². The number of amides is 4. The van der Waals surface area contributed by atoms with Crippen LogP contribution in [0.2, 0.25) is 0 Å². The Labute approximate surface area is 240 Å². The van der Waals surface area contributed by atoms with Crippen LogP contribution < -0.4 is 14.8 Å². The van der Waals surface area contributed by atoms with E-state index in [1.54, 1.807) is 17.3 Å². The average molecular weight is 563 g/mol. The predicted molar refractivity (Wildman–Crippen MR) is 150 cm³/mol. The van der Waals surface area contributed by atoms with Crippen molar-refractivity contribution >= 4 is 24.1 Å². The Morgan fingerprint density at radius 3 is 2.49 bits per heavy atom. The third-order valence-corrected chi connectivity index (χ3v) is 8.32. The molecule has 4 amide bonds. The summed E-state index contributed by atoms with van der Waals surface area (Å²) in [5.74, 6) is 1.34. The first-order chi connectivity index (χ1) is 20.0. The lowest BCUT2D eigenvalue weighted by molar-refractivity contribution is -0.134. The van der Waals surface area contributed by atoms with Crippen molar-refractivity contribution in [3.63, 3.8) is 0 Å². The highest BCUT2D eigenvalue weighted by Gasteiger charge is 2.31. The average Bonchev–Trinajstić information content (AvgIpc) is 3.36. The molecular weight excluding hydrogens is 524 g/mol. The number of nitrogens with one attached hydrogen (secondary N) is 1. The van der Waals surface area contributed by atoms with Crippen LogP contribution in [-0.4, -0.2) is 77.8 Å². The lowest BCUT2D eigenvalue weighted by Gasteiger charge is -2.37. The molecule has 4 fully saturated rings. The number of aromatic nitrogens is 1. The fourth-order valence-corrected chi connectivity index (χ4v) is 6.01. The zero-order valence-electron chi connectivity index (χ0n) is 23.3. The molecule has 6 rings (SSSR count). The monoisotopic (exact) mass is 562 g/mol. The number of hydrogen-bond acceptors (Lipinski definition) is 7. The number of piperidine rings is 1. The number of ether oxygens (including phenoxy) is 2. The maximum Gasteiger partial charge on any atom is 0.234 e. The topological polar surface area (TPSA) is 118 Å². The summed E-state index contributed by atoms with van der Waals surface area (Å²) in [6, 6.07) is 9.79. The first kappa shape index (κ1) is 28.6. The van der Waals surface area contributed by atoms with Gasteiger partial charge in [0.1, 0.15) is 24.7 Å². The number of likely N-dealkylation sites (tertiary alicyclic amines) is 1. The zero-order chi connectivity index (χ0) is 28.6. The Kier molecular flexibility index (Phi) is 9.48. The van der Waals surface area contributed by atoms with Crippen LogP contribution in [0.15, 0.2) is 42.7 Å². The highest BCUT2D eigenvalue weighted by Crippen LogP contribution is 2.32. The number of hydrogen-bond donors (Lipinski definition) is 1. The fraction of sp³-hybridized carbons (Fsp3) is 0.516. The second kappa shape index (κ2) is 13.6. The third-order valence-electron chi connectivity index (χ3n) is 8.32. The van der Waals surface area contributed by atoms with Gasteiger partial charge in [-0.25, -0.2) is 0 Å². The number of benzene rings is 1. The van der Waals surface area contributed by atoms with Gasteiger partial charge in [0.05, 0.1) is 5.92 Å². The van der Waals surface area contributed by atoms with Crippen LogP contribution in [0.25, 0.3) is 0 Å². The van der Waals surface area contributed by atoms with Crippen molar-refractivity contribution < 1.29 is 28.7 Å². The standard InChI is InChI=1S/C22H23N3O5.C9H15NO/c26-14-25-12-16(13-25)19-11-23-8-7-20(19)30-10-9-29-17-3-1-15(2-4-17)18-5-6-21(27)24-22(18)28;11-9-6-2-1-4-8-5-3-7-10(8)9/h1-4,7-8,11,14,16,18H,5-6,9-10,12-13H2,(H,24,27,28);8H,1-7H2. The van der Waals surface area contributed by atoms with Crippen molar-refractivity contribution in [2.45, 2.75) is 69.2 Å². The molecule has 0 bridgehead atoms. The molecule has 1 aromatic heterocycles. The summed E-state index contributed by atoms with van der Waals surface area (Å²) in [5.41, 5.74) is 1.87. The molecule has 5 heterocycles. The van der Waals surface area contributed by atoms with E-state index in [-0.39, 0.29) is 23.7 Å². The predicted octanol–water partition coefficient (Wildman–Crippen LogP) is 3.17. The van der Waals surface area contributed by atoms with Crippen LogP contribution in [0.3, 0.4) is 0 Å². The van der Waals surface area contributed by atoms with Gasteiger partial charge in [-0.3, -0.25) is 29.5 Å². The molecule has 0 aliphatic carbocycles. The maximum atomic E-state index is 12.0. The fourth-order valence-electron chi connectivity index (χ4n) is 6.01. The van der Waals surface area contributed by atoms with Gasteiger partial charge in [-0.05, 0) is 55.9 Å². The van der Waals surface area contributed by atoms with E-state index < -0.39 is 0 Å². The van der Waals surface area contributed by atoms with Crippen LogP contribution >= 0.6 is 0 Å². The van der Waals surface area contributed by atoms with Gasteiger partial charge in [0, 0.05) is 62.4 Å². The summed E-state index contributed by atoms with van der Waals surface area (Å²) in [6.45, 7) is 3.13. The molecule has 1 N–H and O–H groups in total. The van der Waals surface area contributed by atoms with Crippen molar-refractivity contribution in [3.05, 3.63) is 53.9 Å². The van der Waals surface area contributed by atoms with E-state index >= 15 is 0 Å². The highest BCUT2D eigenvalue weighted by atomic mass is 16.5. The number of imide groups is 1. The van der Waals surface area contributed by atoms with Crippen molar-refractivity contribution in [2.24, 2.45) is 0 Å². The van der Waals surface area contributed by atoms with E-state index in [2.05, 4.69) is 15.2 Å². The first-order valence-corrected chi connectivity index (χ1v) is 14.6. The van der Waals surface area contributed by atoms with Gasteiger partial charge in [0.25, 0.3) is 0 Å². The summed E-state index contributed by atoms with van der Waals surface area (Å²) in [5, 5.41) is 2.38. The molecular formula is C31H38N4O6. The Morgan fingerprint density at radius 2 is 1.71 bits per heavy atom. The molecule has 4 aliphatic heterocycles. The van der Waals surface area contributed by atoms with Crippen molar-refractivity contribution in [2.75, 3.05) is 32.8 Å². The van der Waals surface area contributed by atoms with Gasteiger partial charge < -0.3 is 19.3 Å². The number of carbonyl (C=O) groups excluding carboxylic acids is 4. The van der Waals surface area contributed by atoms with E-state index in [4.69, 9.17) is 9.47 Å². The Balaban J connectivity index is 0.000000255. The molecule has 218 valence electrons. The molecule has 10 nitrogen and oxygen atoms in total. The minimum absolute atomic E-state index is 0.216. The Morgan fingerprint density at radius 1 is 0.927 bits per heavy atom. The van der Waals surface area contributed by atoms with Crippen LogP contribution in [0.4, 0.5) is 0 Å². The summed E-state index contributed by atoms with van der Waals surface area (Å²) in [7, 11) is 0. The SMILES string of the molecule is O=C1CCCCC2CCCN12.O=CN1CC(c2cnccc2OCCOc2ccc(C3CCC(=O)NC3=O)cc2)C1. The molecule has 0 spiro atoms. The van der Waals surface area contributed by atoms with Crippen molar-refractivity contribution in [3.8, 4) is 11.5 Å². The first-order valence-electron chi connectivity index (χ1n) is 14.6. The molecule has 2 aromatic rings. The molecule has 0 saturated carbocycles. The van der Waals surface area contributed by atoms with Crippen molar-refractivity contribution in [1.29, 1.82) is 0 Å². The van der Waals surface area contributed by atoms with Gasteiger partial charge >= 0.3 is 0 Å². The lowest BCUT2D eigenvalue weighted by atomic mass is 9.90. The molecule has 1 aromatic carbocycles. The molecule has 4 saturated heterocycles. The van der Waals surface area contributed by atoms with E-state index in [1.165, 1.54) is 25.7 Å². The Hall–Kier alpha value is -3.95. The van der Waals surface area contributed by atoms with Crippen LogP contribution in [-0.2, 0) is 19.2 Å². The third kappa shape index (κ3) is 7.23. The number of pyridine rings is 1. The Bertz CT molecular complexity index is 1230. The van der Waals surface area contributed by atoms with E-state index in [1.807, 2.05) is 30.3 Å². The zero-order valence-corrected chi connectivity index (χ0v) is 23.3. The van der Waals surface area contributed by atoms with Gasteiger partial charge in [0.15, 0.2) is 0 Å². The molecule has 2 atom stereocenters. The molecule has 2 unspecified atom stereocenters. The minimum Gasteiger partial charge on any atom is -0.490 e. The second-order valence-electron chi connectivity index (χ2n) is 11.1. The number of rotatable bonds is 8. The summed E-state index contributed by atoms with van der Waals surface area (Å²) in [4.78, 5) is 53.4. The maximum absolute atomic E-state index is 12.0. The van der Waals surface area contributed by atoms with E-state index in [0.717, 1.165) is 42.7 Å². The molecule has 0 radical (unpaired) electrons. The van der Waals surface area contributed by atoms with Crippen LogP contribution in [0.1, 0.15) is 74.3 Å². The summed E-state index contributed by atoms with van der Waals surface area (Å²) < 4.78 is 11.6. The second-order valence-corrected chi connectivity index (χ2v) is 11.1. The van der Waals surface area contributed by atoms with Crippen LogP contribution in [0, 0.1) is 0 Å². The minimum atomic E-state index is -0.299. The molecule has 41 heavy (non-hydrogen) atoms. The molecule has 4 aliphatic rings. The van der Waals surface area contributed by atoms with Gasteiger partial charge in [-0.15, -0.1) is 0 Å². The highest BCUT2D eigenvalue weighted by molar-refractivity contribution is 6.00. The largest absolute Gasteiger partial charge is 0.490 e. The van der Waals surface area contributed by atoms with Crippen LogP contribution in [0.5, 0.6) is 11.5 Å². The molecule has 10 heteroatoms. The van der Waals surface area contributed by atoms with Gasteiger partial charge in [-0.2, -0.15) is 0 Å². The number of carbonyl (C=O) groups is 4. The lowest BCUT2D eigenvalue weighted by Crippen LogP contribution is -2.43. The summed E-state index contributed by atoms with van der Waals surface area (Å²) >= 11 is 0. The quantitative estimate of drug-likeness (QED) is 0.298. The van der Waals surface area contributed by atoms with E-state index in [0.29, 0.717) is 56.8 Å². The van der Waals surface area contributed by atoms with Gasteiger partial charge in [0.2, 0.25) is 24.1 Å². The summed E-state index contributed by atoms with van der Waals surface area (Å²) in [6.07, 6.45) is 12.1. The normalized spacial score (nSPS) is 22.5.